The molecular formula is C13H21N3. The summed E-state index contributed by atoms with van der Waals surface area (Å²) in [7, 11) is 2.09. The molecule has 3 heteroatoms. The molecule has 1 aromatic rings. The van der Waals surface area contributed by atoms with Gasteiger partial charge in [0, 0.05) is 24.3 Å². The van der Waals surface area contributed by atoms with E-state index in [1.807, 2.05) is 10.9 Å². The van der Waals surface area contributed by atoms with Crippen LogP contribution in [0.2, 0.25) is 0 Å². The van der Waals surface area contributed by atoms with Crippen molar-refractivity contribution in [3.63, 3.8) is 0 Å². The van der Waals surface area contributed by atoms with Crippen LogP contribution in [0.15, 0.2) is 12.4 Å². The van der Waals surface area contributed by atoms with Crippen molar-refractivity contribution < 1.29 is 0 Å². The highest BCUT2D eigenvalue weighted by atomic mass is 15.3. The summed E-state index contributed by atoms with van der Waals surface area (Å²) in [6, 6.07) is 0.538. The molecule has 16 heavy (non-hydrogen) atoms. The molecular weight excluding hydrogens is 198 g/mol. The number of aromatic nitrogens is 2. The van der Waals surface area contributed by atoms with Crippen LogP contribution in [0.3, 0.4) is 0 Å². The lowest BCUT2D eigenvalue weighted by atomic mass is 10.00. The van der Waals surface area contributed by atoms with Crippen LogP contribution in [0.5, 0.6) is 0 Å². The van der Waals surface area contributed by atoms with Crippen molar-refractivity contribution in [2.24, 2.45) is 17.8 Å². The van der Waals surface area contributed by atoms with Crippen LogP contribution in [-0.4, -0.2) is 16.8 Å². The minimum absolute atomic E-state index is 0.538. The molecule has 88 valence electrons. The molecule has 0 saturated heterocycles. The lowest BCUT2D eigenvalue weighted by Crippen LogP contribution is -2.20. The summed E-state index contributed by atoms with van der Waals surface area (Å²) in [4.78, 5) is 0. The highest BCUT2D eigenvalue weighted by Crippen LogP contribution is 2.62. The molecule has 3 nitrogen and oxygen atoms in total. The van der Waals surface area contributed by atoms with E-state index in [0.29, 0.717) is 6.04 Å². The summed E-state index contributed by atoms with van der Waals surface area (Å²) in [5, 5.41) is 7.88. The van der Waals surface area contributed by atoms with E-state index in [-0.39, 0.29) is 0 Å². The predicted molar refractivity (Wildman–Crippen MR) is 64.0 cm³/mol. The standard InChI is InChI=1S/C13H21N3/c1-3-16-8-9(7-15-16)13(14-2)12-10-5-4-6-11(10)12/h7-8,10-14H,3-6H2,1-2H3. The second-order valence-electron chi connectivity index (χ2n) is 5.23. The van der Waals surface area contributed by atoms with Crippen molar-refractivity contribution in [1.82, 2.24) is 15.1 Å². The van der Waals surface area contributed by atoms with Crippen LogP contribution in [0, 0.1) is 17.8 Å². The average molecular weight is 219 g/mol. The van der Waals surface area contributed by atoms with Crippen molar-refractivity contribution in [3.8, 4) is 0 Å². The summed E-state index contributed by atoms with van der Waals surface area (Å²) in [5.74, 6) is 2.89. The number of nitrogens with one attached hydrogen (secondary N) is 1. The fraction of sp³-hybridized carbons (Fsp3) is 0.769. The molecule has 3 rings (SSSR count). The summed E-state index contributed by atoms with van der Waals surface area (Å²) in [5.41, 5.74) is 1.38. The van der Waals surface area contributed by atoms with Gasteiger partial charge in [-0.15, -0.1) is 0 Å². The maximum atomic E-state index is 4.38. The van der Waals surface area contributed by atoms with Crippen LogP contribution in [0.25, 0.3) is 0 Å². The number of fused-ring (bicyclic) bond motifs is 1. The molecule has 0 radical (unpaired) electrons. The summed E-state index contributed by atoms with van der Waals surface area (Å²) >= 11 is 0. The first kappa shape index (κ1) is 10.3. The molecule has 1 N–H and O–H groups in total. The Bertz CT molecular complexity index is 361. The minimum atomic E-state index is 0.538. The predicted octanol–water partition coefficient (Wildman–Crippen LogP) is 2.21. The van der Waals surface area contributed by atoms with E-state index < -0.39 is 0 Å². The first-order chi connectivity index (χ1) is 7.85. The van der Waals surface area contributed by atoms with E-state index in [1.165, 1.54) is 24.8 Å². The third kappa shape index (κ3) is 1.49. The van der Waals surface area contributed by atoms with E-state index in [4.69, 9.17) is 0 Å². The van der Waals surface area contributed by atoms with Gasteiger partial charge in [0.15, 0.2) is 0 Å². The van der Waals surface area contributed by atoms with E-state index >= 15 is 0 Å². The van der Waals surface area contributed by atoms with E-state index in [1.54, 1.807) is 0 Å². The largest absolute Gasteiger partial charge is 0.313 e. The Morgan fingerprint density at radius 3 is 2.81 bits per heavy atom. The fourth-order valence-electron chi connectivity index (χ4n) is 3.67. The molecule has 0 aromatic carbocycles. The van der Waals surface area contributed by atoms with E-state index in [2.05, 4.69) is 30.6 Å². The van der Waals surface area contributed by atoms with Gasteiger partial charge in [0.25, 0.3) is 0 Å². The Morgan fingerprint density at radius 1 is 1.50 bits per heavy atom. The van der Waals surface area contributed by atoms with Crippen molar-refractivity contribution in [2.75, 3.05) is 7.05 Å². The fourth-order valence-corrected chi connectivity index (χ4v) is 3.67. The average Bonchev–Trinajstić information content (AvgIpc) is 2.77. The first-order valence-electron chi connectivity index (χ1n) is 6.54. The maximum Gasteiger partial charge on any atom is 0.0537 e. The molecule has 1 aromatic heterocycles. The number of hydrogen-bond donors (Lipinski definition) is 1. The SMILES string of the molecule is CCn1cc(C(NC)C2C3CCCC32)cn1. The zero-order valence-electron chi connectivity index (χ0n) is 10.2. The van der Waals surface area contributed by atoms with Gasteiger partial charge in [-0.1, -0.05) is 6.42 Å². The van der Waals surface area contributed by atoms with Crippen molar-refractivity contribution in [3.05, 3.63) is 18.0 Å². The molecule has 2 saturated carbocycles. The third-order valence-electron chi connectivity index (χ3n) is 4.50. The molecule has 3 unspecified atom stereocenters. The molecule has 3 atom stereocenters. The van der Waals surface area contributed by atoms with Crippen LogP contribution in [0.1, 0.15) is 37.8 Å². The Morgan fingerprint density at radius 2 is 2.25 bits per heavy atom. The van der Waals surface area contributed by atoms with Gasteiger partial charge < -0.3 is 5.32 Å². The van der Waals surface area contributed by atoms with Crippen LogP contribution >= 0.6 is 0 Å². The van der Waals surface area contributed by atoms with Gasteiger partial charge in [-0.05, 0) is 44.6 Å². The molecule has 0 bridgehead atoms. The lowest BCUT2D eigenvalue weighted by molar-refractivity contribution is 0.444. The number of nitrogens with zero attached hydrogens (tertiary/aromatic N) is 2. The highest BCUT2D eigenvalue weighted by molar-refractivity contribution is 5.18. The maximum absolute atomic E-state index is 4.38. The molecule has 2 aliphatic carbocycles. The normalized spacial score (nSPS) is 33.8. The van der Waals surface area contributed by atoms with Gasteiger partial charge in [0.05, 0.1) is 6.20 Å². The summed E-state index contributed by atoms with van der Waals surface area (Å²) in [6.45, 7) is 3.10. The van der Waals surface area contributed by atoms with Gasteiger partial charge in [0.1, 0.15) is 0 Å². The Kier molecular flexibility index (Phi) is 2.51. The molecule has 0 spiro atoms. The molecule has 2 fully saturated rings. The quantitative estimate of drug-likeness (QED) is 0.841. The molecule has 2 aliphatic rings. The zero-order valence-corrected chi connectivity index (χ0v) is 10.2. The summed E-state index contributed by atoms with van der Waals surface area (Å²) < 4.78 is 2.03. The van der Waals surface area contributed by atoms with E-state index in [0.717, 1.165) is 24.3 Å². The highest BCUT2D eigenvalue weighted by Gasteiger charge is 2.55. The number of hydrogen-bond acceptors (Lipinski definition) is 2. The topological polar surface area (TPSA) is 29.9 Å². The first-order valence-corrected chi connectivity index (χ1v) is 6.54. The van der Waals surface area contributed by atoms with Crippen molar-refractivity contribution in [1.29, 1.82) is 0 Å². The van der Waals surface area contributed by atoms with Gasteiger partial charge in [-0.3, -0.25) is 4.68 Å². The van der Waals surface area contributed by atoms with Crippen molar-refractivity contribution in [2.45, 2.75) is 38.8 Å². The Balaban J connectivity index is 1.76. The number of aryl methyl sites for hydroxylation is 1. The monoisotopic (exact) mass is 219 g/mol. The smallest absolute Gasteiger partial charge is 0.0537 e. The number of rotatable bonds is 4. The van der Waals surface area contributed by atoms with Crippen molar-refractivity contribution >= 4 is 0 Å². The van der Waals surface area contributed by atoms with Gasteiger partial charge in [-0.25, -0.2) is 0 Å². The van der Waals surface area contributed by atoms with E-state index in [9.17, 15) is 0 Å². The molecule has 0 aliphatic heterocycles. The van der Waals surface area contributed by atoms with Crippen LogP contribution < -0.4 is 5.32 Å². The Hall–Kier alpha value is -0.830. The third-order valence-corrected chi connectivity index (χ3v) is 4.50. The zero-order chi connectivity index (χ0) is 11.1. The Labute approximate surface area is 97.2 Å². The van der Waals surface area contributed by atoms with Gasteiger partial charge >= 0.3 is 0 Å². The molecule has 0 amide bonds. The second kappa shape index (κ2) is 3.88. The van der Waals surface area contributed by atoms with Gasteiger partial charge in [-0.2, -0.15) is 5.10 Å². The molecule has 1 heterocycles. The van der Waals surface area contributed by atoms with Gasteiger partial charge in [0.2, 0.25) is 0 Å². The minimum Gasteiger partial charge on any atom is -0.313 e. The second-order valence-corrected chi connectivity index (χ2v) is 5.23. The van der Waals surface area contributed by atoms with Crippen LogP contribution in [-0.2, 0) is 6.54 Å². The lowest BCUT2D eigenvalue weighted by Gasteiger charge is -2.16. The van der Waals surface area contributed by atoms with Crippen LogP contribution in [0.4, 0.5) is 0 Å². The summed E-state index contributed by atoms with van der Waals surface area (Å²) in [6.07, 6.45) is 8.61.